The molecule has 1 aliphatic rings. The summed E-state index contributed by atoms with van der Waals surface area (Å²) < 4.78 is 1.85. The van der Waals surface area contributed by atoms with E-state index in [9.17, 15) is 0 Å². The van der Waals surface area contributed by atoms with Crippen LogP contribution >= 0.6 is 23.2 Å². The molecule has 0 aliphatic heterocycles. The van der Waals surface area contributed by atoms with Gasteiger partial charge in [0.1, 0.15) is 5.15 Å². The molecule has 1 heterocycles. The van der Waals surface area contributed by atoms with E-state index < -0.39 is 0 Å². The highest BCUT2D eigenvalue weighted by atomic mass is 35.5. The van der Waals surface area contributed by atoms with Gasteiger partial charge in [0.15, 0.2) is 0 Å². The fourth-order valence-electron chi connectivity index (χ4n) is 3.06. The van der Waals surface area contributed by atoms with Crippen LogP contribution in [0.5, 0.6) is 0 Å². The predicted octanol–water partition coefficient (Wildman–Crippen LogP) is 5.23. The van der Waals surface area contributed by atoms with E-state index in [-0.39, 0.29) is 0 Å². The van der Waals surface area contributed by atoms with E-state index in [1.54, 1.807) is 0 Å². The van der Waals surface area contributed by atoms with Crippen molar-refractivity contribution in [3.63, 3.8) is 0 Å². The molecule has 0 atom stereocenters. The molecule has 1 aliphatic carbocycles. The zero-order chi connectivity index (χ0) is 14.1. The Kier molecular flexibility index (Phi) is 4.04. The molecule has 0 amide bonds. The maximum absolute atomic E-state index is 6.53. The lowest BCUT2D eigenvalue weighted by molar-refractivity contribution is 0.674. The first kappa shape index (κ1) is 14.0. The number of aromatic nitrogens is 2. The third-order valence-corrected chi connectivity index (χ3v) is 4.83. The molecule has 1 aromatic heterocycles. The lowest BCUT2D eigenvalue weighted by atomic mass is 10.0. The molecule has 0 unspecified atom stereocenters. The number of rotatable bonds is 3. The molecule has 0 bridgehead atoms. The van der Waals surface area contributed by atoms with Crippen LogP contribution in [0.4, 0.5) is 0 Å². The van der Waals surface area contributed by atoms with Crippen molar-refractivity contribution in [2.75, 3.05) is 0 Å². The smallest absolute Gasteiger partial charge is 0.137 e. The number of nitrogens with zero attached hydrogens (tertiary/aromatic N) is 2. The average Bonchev–Trinajstić information content (AvgIpc) is 3.07. The summed E-state index contributed by atoms with van der Waals surface area (Å²) in [6.07, 6.45) is 4.96. The van der Waals surface area contributed by atoms with Crippen molar-refractivity contribution in [2.24, 2.45) is 0 Å². The SMILES string of the molecule is Cc1ccccc1-n1nc(C2CCCC2)c(CCl)c1Cl. The first-order chi connectivity index (χ1) is 9.72. The second-order valence-corrected chi connectivity index (χ2v) is 6.09. The fraction of sp³-hybridized carbons (Fsp3) is 0.438. The van der Waals surface area contributed by atoms with E-state index in [1.807, 2.05) is 22.9 Å². The number of halogens is 2. The van der Waals surface area contributed by atoms with Crippen molar-refractivity contribution in [2.45, 2.75) is 44.4 Å². The Morgan fingerprint density at radius 3 is 2.60 bits per heavy atom. The normalized spacial score (nSPS) is 15.9. The van der Waals surface area contributed by atoms with Gasteiger partial charge >= 0.3 is 0 Å². The first-order valence-electron chi connectivity index (χ1n) is 7.11. The van der Waals surface area contributed by atoms with Gasteiger partial charge in [-0.25, -0.2) is 4.68 Å². The van der Waals surface area contributed by atoms with Gasteiger partial charge in [-0.3, -0.25) is 0 Å². The number of hydrogen-bond acceptors (Lipinski definition) is 1. The van der Waals surface area contributed by atoms with E-state index in [0.717, 1.165) is 22.5 Å². The summed E-state index contributed by atoms with van der Waals surface area (Å²) in [4.78, 5) is 0. The Labute approximate surface area is 129 Å². The van der Waals surface area contributed by atoms with Crippen LogP contribution in [-0.4, -0.2) is 9.78 Å². The largest absolute Gasteiger partial charge is 0.221 e. The summed E-state index contributed by atoms with van der Waals surface area (Å²) in [6, 6.07) is 8.15. The van der Waals surface area contributed by atoms with Gasteiger partial charge in [0.05, 0.1) is 17.3 Å². The molecule has 106 valence electrons. The summed E-state index contributed by atoms with van der Waals surface area (Å²) in [6.45, 7) is 2.07. The maximum atomic E-state index is 6.53. The van der Waals surface area contributed by atoms with Gasteiger partial charge in [-0.15, -0.1) is 11.6 Å². The van der Waals surface area contributed by atoms with Crippen LogP contribution in [0.3, 0.4) is 0 Å². The molecule has 0 spiro atoms. The Morgan fingerprint density at radius 2 is 1.95 bits per heavy atom. The van der Waals surface area contributed by atoms with Crippen LogP contribution in [0.15, 0.2) is 24.3 Å². The molecule has 3 rings (SSSR count). The molecule has 2 aromatic rings. The highest BCUT2D eigenvalue weighted by Crippen LogP contribution is 2.38. The van der Waals surface area contributed by atoms with Crippen molar-refractivity contribution < 1.29 is 0 Å². The minimum absolute atomic E-state index is 0.427. The zero-order valence-corrected chi connectivity index (χ0v) is 13.1. The summed E-state index contributed by atoms with van der Waals surface area (Å²) in [5.74, 6) is 0.947. The van der Waals surface area contributed by atoms with Gasteiger partial charge in [0.25, 0.3) is 0 Å². The summed E-state index contributed by atoms with van der Waals surface area (Å²) >= 11 is 12.6. The number of hydrogen-bond donors (Lipinski definition) is 0. The van der Waals surface area contributed by atoms with Gasteiger partial charge in [0.2, 0.25) is 0 Å². The van der Waals surface area contributed by atoms with E-state index >= 15 is 0 Å². The molecule has 1 aromatic carbocycles. The van der Waals surface area contributed by atoms with E-state index in [0.29, 0.717) is 17.0 Å². The molecule has 4 heteroatoms. The van der Waals surface area contributed by atoms with Gasteiger partial charge in [-0.05, 0) is 31.4 Å². The summed E-state index contributed by atoms with van der Waals surface area (Å²) in [7, 11) is 0. The third-order valence-electron chi connectivity index (χ3n) is 4.17. The Balaban J connectivity index is 2.11. The quantitative estimate of drug-likeness (QED) is 0.710. The number of aryl methyl sites for hydroxylation is 1. The maximum Gasteiger partial charge on any atom is 0.137 e. The highest BCUT2D eigenvalue weighted by molar-refractivity contribution is 6.31. The molecule has 1 saturated carbocycles. The zero-order valence-electron chi connectivity index (χ0n) is 11.6. The molecule has 1 fully saturated rings. The molecular weight excluding hydrogens is 291 g/mol. The fourth-order valence-corrected chi connectivity index (χ4v) is 3.68. The van der Waals surface area contributed by atoms with Crippen LogP contribution in [-0.2, 0) is 5.88 Å². The molecular formula is C16H18Cl2N2. The van der Waals surface area contributed by atoms with Crippen LogP contribution in [0.25, 0.3) is 5.69 Å². The Hall–Kier alpha value is -0.990. The van der Waals surface area contributed by atoms with E-state index in [2.05, 4.69) is 13.0 Å². The van der Waals surface area contributed by atoms with E-state index in [4.69, 9.17) is 28.3 Å². The van der Waals surface area contributed by atoms with Crippen molar-refractivity contribution in [1.29, 1.82) is 0 Å². The monoisotopic (exact) mass is 308 g/mol. The predicted molar refractivity (Wildman–Crippen MR) is 84.1 cm³/mol. The van der Waals surface area contributed by atoms with Gasteiger partial charge in [-0.1, -0.05) is 42.6 Å². The third kappa shape index (κ3) is 2.36. The summed E-state index contributed by atoms with van der Waals surface area (Å²) in [5.41, 5.74) is 4.30. The van der Waals surface area contributed by atoms with Crippen molar-refractivity contribution in [3.8, 4) is 5.69 Å². The van der Waals surface area contributed by atoms with Crippen molar-refractivity contribution in [1.82, 2.24) is 9.78 Å². The first-order valence-corrected chi connectivity index (χ1v) is 8.03. The Morgan fingerprint density at radius 1 is 1.25 bits per heavy atom. The average molecular weight is 309 g/mol. The second-order valence-electron chi connectivity index (χ2n) is 5.47. The second kappa shape index (κ2) is 5.79. The van der Waals surface area contributed by atoms with E-state index in [1.165, 1.54) is 25.7 Å². The molecule has 20 heavy (non-hydrogen) atoms. The Bertz CT molecular complexity index is 613. The van der Waals surface area contributed by atoms with Crippen LogP contribution in [0.2, 0.25) is 5.15 Å². The van der Waals surface area contributed by atoms with Crippen LogP contribution in [0.1, 0.15) is 48.4 Å². The lowest BCUT2D eigenvalue weighted by Gasteiger charge is -2.07. The highest BCUT2D eigenvalue weighted by Gasteiger charge is 2.26. The topological polar surface area (TPSA) is 17.8 Å². The minimum atomic E-state index is 0.427. The minimum Gasteiger partial charge on any atom is -0.221 e. The standard InChI is InChI=1S/C16H18Cl2N2/c1-11-6-2-5-9-14(11)20-16(18)13(10-17)15(19-20)12-7-3-4-8-12/h2,5-6,9,12H,3-4,7-8,10H2,1H3. The van der Waals surface area contributed by atoms with Gasteiger partial charge in [0, 0.05) is 11.5 Å². The van der Waals surface area contributed by atoms with Gasteiger partial charge < -0.3 is 0 Å². The van der Waals surface area contributed by atoms with Gasteiger partial charge in [-0.2, -0.15) is 5.10 Å². The number of alkyl halides is 1. The number of benzene rings is 1. The molecule has 0 saturated heterocycles. The molecule has 2 nitrogen and oxygen atoms in total. The van der Waals surface area contributed by atoms with Crippen LogP contribution < -0.4 is 0 Å². The molecule has 0 N–H and O–H groups in total. The lowest BCUT2D eigenvalue weighted by Crippen LogP contribution is -2.01. The molecule has 0 radical (unpaired) electrons. The van der Waals surface area contributed by atoms with Crippen molar-refractivity contribution in [3.05, 3.63) is 46.2 Å². The van der Waals surface area contributed by atoms with Crippen LogP contribution in [0, 0.1) is 6.92 Å². The summed E-state index contributed by atoms with van der Waals surface area (Å²) in [5, 5.41) is 5.46. The number of para-hydroxylation sites is 1. The van der Waals surface area contributed by atoms with Crippen molar-refractivity contribution >= 4 is 23.2 Å².